The number of aromatic nitrogens is 2. The lowest BCUT2D eigenvalue weighted by Crippen LogP contribution is -2.26. The largest absolute Gasteiger partial charge is 0.494 e. The van der Waals surface area contributed by atoms with E-state index in [-0.39, 0.29) is 17.0 Å². The molecule has 1 aliphatic heterocycles. The standard InChI is InChI=1S/C15H21N3O2S/c1-4-17-13(19)12(14(20)18(5-2)15(17)21)9-8-11-7-6-10-16(11)3/h9,19H,4-7,10H2,1-3H3. The second kappa shape index (κ2) is 6.33. The van der Waals surface area contributed by atoms with Gasteiger partial charge in [0.15, 0.2) is 4.77 Å². The van der Waals surface area contributed by atoms with Crippen molar-refractivity contribution in [3.63, 3.8) is 0 Å². The third-order valence-corrected chi connectivity index (χ3v) is 4.26. The Bertz CT molecular complexity index is 724. The first-order chi connectivity index (χ1) is 10.0. The van der Waals surface area contributed by atoms with Gasteiger partial charge in [-0.25, -0.2) is 0 Å². The van der Waals surface area contributed by atoms with Gasteiger partial charge in [-0.05, 0) is 38.9 Å². The molecule has 0 saturated carbocycles. The van der Waals surface area contributed by atoms with Crippen LogP contribution in [0.5, 0.6) is 5.88 Å². The molecule has 1 saturated heterocycles. The summed E-state index contributed by atoms with van der Waals surface area (Å²) in [6.07, 6.45) is 3.63. The highest BCUT2D eigenvalue weighted by atomic mass is 32.1. The Hall–Kier alpha value is -1.78. The van der Waals surface area contributed by atoms with E-state index in [0.29, 0.717) is 17.9 Å². The molecule has 0 amide bonds. The summed E-state index contributed by atoms with van der Waals surface area (Å²) in [6.45, 7) is 5.75. The molecule has 1 fully saturated rings. The average Bonchev–Trinajstić information content (AvgIpc) is 2.85. The molecule has 1 N–H and O–H groups in total. The predicted molar refractivity (Wildman–Crippen MR) is 85.9 cm³/mol. The van der Waals surface area contributed by atoms with Gasteiger partial charge in [-0.15, -0.1) is 0 Å². The van der Waals surface area contributed by atoms with Crippen LogP contribution in [-0.2, 0) is 13.1 Å². The summed E-state index contributed by atoms with van der Waals surface area (Å²) in [5.74, 6) is -0.0778. The molecule has 114 valence electrons. The zero-order valence-corrected chi connectivity index (χ0v) is 13.5. The molecule has 0 aliphatic carbocycles. The van der Waals surface area contributed by atoms with Crippen LogP contribution in [0.25, 0.3) is 6.08 Å². The van der Waals surface area contributed by atoms with Crippen LogP contribution in [-0.4, -0.2) is 32.7 Å². The molecule has 0 aromatic carbocycles. The molecule has 0 atom stereocenters. The Balaban J connectivity index is 2.67. The van der Waals surface area contributed by atoms with Gasteiger partial charge in [0.2, 0.25) is 5.88 Å². The summed E-state index contributed by atoms with van der Waals surface area (Å²) >= 11 is 5.25. The summed E-state index contributed by atoms with van der Waals surface area (Å²) < 4.78 is 3.41. The van der Waals surface area contributed by atoms with Gasteiger partial charge >= 0.3 is 0 Å². The van der Waals surface area contributed by atoms with Gasteiger partial charge in [0.1, 0.15) is 5.56 Å². The molecule has 0 unspecified atom stereocenters. The Labute approximate surface area is 129 Å². The molecule has 1 aromatic heterocycles. The minimum absolute atomic E-state index is 0.0778. The van der Waals surface area contributed by atoms with Crippen molar-refractivity contribution in [2.45, 2.75) is 39.8 Å². The van der Waals surface area contributed by atoms with Gasteiger partial charge < -0.3 is 10.0 Å². The van der Waals surface area contributed by atoms with E-state index in [1.54, 1.807) is 10.6 Å². The highest BCUT2D eigenvalue weighted by molar-refractivity contribution is 7.71. The minimum atomic E-state index is -0.265. The Morgan fingerprint density at radius 1 is 1.33 bits per heavy atom. The van der Waals surface area contributed by atoms with Gasteiger partial charge in [-0.1, -0.05) is 5.73 Å². The van der Waals surface area contributed by atoms with E-state index in [9.17, 15) is 9.90 Å². The fraction of sp³-hybridized carbons (Fsp3) is 0.533. The zero-order valence-electron chi connectivity index (χ0n) is 12.7. The lowest BCUT2D eigenvalue weighted by atomic mass is 10.2. The monoisotopic (exact) mass is 307 g/mol. The number of aromatic hydroxyl groups is 1. The van der Waals surface area contributed by atoms with E-state index in [2.05, 4.69) is 10.6 Å². The van der Waals surface area contributed by atoms with Gasteiger partial charge in [0.05, 0.1) is 5.70 Å². The summed E-state index contributed by atoms with van der Waals surface area (Å²) in [4.78, 5) is 14.5. The number of hydrogen-bond acceptors (Lipinski definition) is 4. The number of likely N-dealkylation sites (tertiary alicyclic amines) is 1. The fourth-order valence-corrected chi connectivity index (χ4v) is 2.97. The average molecular weight is 307 g/mol. The van der Waals surface area contributed by atoms with Crippen molar-refractivity contribution in [2.75, 3.05) is 13.6 Å². The smallest absolute Gasteiger partial charge is 0.266 e. The van der Waals surface area contributed by atoms with Crippen LogP contribution in [0.15, 0.2) is 16.2 Å². The minimum Gasteiger partial charge on any atom is -0.494 e. The predicted octanol–water partition coefficient (Wildman–Crippen LogP) is 2.35. The molecule has 21 heavy (non-hydrogen) atoms. The highest BCUT2D eigenvalue weighted by Gasteiger charge is 2.14. The van der Waals surface area contributed by atoms with E-state index in [1.165, 1.54) is 4.57 Å². The lowest BCUT2D eigenvalue weighted by molar-refractivity contribution is 0.399. The molecule has 2 heterocycles. The SMILES string of the molecule is CCn1c(O)c(C=C=C2CCCN2C)c(=O)n(CC)c1=S. The molecular formula is C15H21N3O2S. The maximum absolute atomic E-state index is 12.4. The van der Waals surface area contributed by atoms with Crippen molar-refractivity contribution in [1.29, 1.82) is 0 Å². The first-order valence-corrected chi connectivity index (χ1v) is 7.65. The van der Waals surface area contributed by atoms with Gasteiger partial charge in [-0.2, -0.15) is 0 Å². The van der Waals surface area contributed by atoms with Crippen LogP contribution in [0, 0.1) is 4.77 Å². The second-order valence-electron chi connectivity index (χ2n) is 5.07. The number of nitrogens with zero attached hydrogens (tertiary/aromatic N) is 3. The van der Waals surface area contributed by atoms with Crippen LogP contribution < -0.4 is 5.56 Å². The number of allylic oxidation sites excluding steroid dienone is 1. The van der Waals surface area contributed by atoms with Crippen molar-refractivity contribution in [3.05, 3.63) is 32.1 Å². The Kier molecular flexibility index (Phi) is 4.70. The second-order valence-corrected chi connectivity index (χ2v) is 5.44. The maximum Gasteiger partial charge on any atom is 0.266 e. The van der Waals surface area contributed by atoms with Crippen LogP contribution >= 0.6 is 12.2 Å². The van der Waals surface area contributed by atoms with Crippen molar-refractivity contribution in [1.82, 2.24) is 14.0 Å². The first-order valence-electron chi connectivity index (χ1n) is 7.24. The van der Waals surface area contributed by atoms with Crippen LogP contribution in [0.1, 0.15) is 32.3 Å². The van der Waals surface area contributed by atoms with E-state index in [1.807, 2.05) is 20.9 Å². The molecular weight excluding hydrogens is 286 g/mol. The summed E-state index contributed by atoms with van der Waals surface area (Å²) in [6, 6.07) is 0. The normalized spacial score (nSPS) is 14.4. The van der Waals surface area contributed by atoms with E-state index < -0.39 is 0 Å². The third-order valence-electron chi connectivity index (χ3n) is 3.82. The van der Waals surface area contributed by atoms with Crippen molar-refractivity contribution in [3.8, 4) is 5.88 Å². The molecule has 5 nitrogen and oxygen atoms in total. The zero-order chi connectivity index (χ0) is 15.6. The molecule has 0 spiro atoms. The van der Waals surface area contributed by atoms with Crippen LogP contribution in [0.2, 0.25) is 0 Å². The number of rotatable bonds is 3. The summed E-state index contributed by atoms with van der Waals surface area (Å²) in [5.41, 5.74) is 4.19. The van der Waals surface area contributed by atoms with Crippen LogP contribution in [0.3, 0.4) is 0 Å². The molecule has 0 bridgehead atoms. The first kappa shape index (κ1) is 15.6. The topological polar surface area (TPSA) is 50.4 Å². The lowest BCUT2D eigenvalue weighted by Gasteiger charge is -2.13. The molecule has 1 aromatic rings. The van der Waals surface area contributed by atoms with Crippen molar-refractivity contribution in [2.24, 2.45) is 0 Å². The summed E-state index contributed by atoms with van der Waals surface area (Å²) in [5, 5.41) is 10.3. The molecule has 1 aliphatic rings. The van der Waals surface area contributed by atoms with E-state index >= 15 is 0 Å². The van der Waals surface area contributed by atoms with Gasteiger partial charge in [-0.3, -0.25) is 13.9 Å². The molecule has 2 rings (SSSR count). The molecule has 6 heteroatoms. The number of hydrogen-bond donors (Lipinski definition) is 1. The van der Waals surface area contributed by atoms with Crippen molar-refractivity contribution < 1.29 is 5.11 Å². The van der Waals surface area contributed by atoms with Crippen molar-refractivity contribution >= 4 is 18.3 Å². The van der Waals surface area contributed by atoms with E-state index in [0.717, 1.165) is 25.1 Å². The van der Waals surface area contributed by atoms with Gasteiger partial charge in [0, 0.05) is 32.8 Å². The fourth-order valence-electron chi connectivity index (χ4n) is 2.55. The Morgan fingerprint density at radius 2 is 2.00 bits per heavy atom. The quantitative estimate of drug-likeness (QED) is 0.688. The third kappa shape index (κ3) is 2.82. The van der Waals surface area contributed by atoms with E-state index in [4.69, 9.17) is 12.2 Å². The Morgan fingerprint density at radius 3 is 2.52 bits per heavy atom. The van der Waals surface area contributed by atoms with Crippen LogP contribution in [0.4, 0.5) is 0 Å². The summed E-state index contributed by atoms with van der Waals surface area (Å²) in [7, 11) is 2.01. The highest BCUT2D eigenvalue weighted by Crippen LogP contribution is 2.19. The maximum atomic E-state index is 12.4. The van der Waals surface area contributed by atoms with Gasteiger partial charge in [0.25, 0.3) is 5.56 Å². The molecule has 0 radical (unpaired) electrons.